The van der Waals surface area contributed by atoms with Crippen molar-refractivity contribution in [3.8, 4) is 0 Å². The molecule has 2 aromatic carbocycles. The van der Waals surface area contributed by atoms with E-state index in [-0.39, 0.29) is 17.9 Å². The number of nitrogens with one attached hydrogen (secondary N) is 2. The standard InChI is InChI=1S/C19H24N2O/c1-3-20-15(2)14-21-19(22)18(16-10-6-4-7-11-16)17-12-8-5-9-13-17/h4-13,15,18,20H,3,14H2,1-2H3,(H,21,22)/t15-/m1/s1. The van der Waals surface area contributed by atoms with Gasteiger partial charge in [0.05, 0.1) is 5.92 Å². The fraction of sp³-hybridized carbons (Fsp3) is 0.316. The van der Waals surface area contributed by atoms with Crippen LogP contribution in [-0.2, 0) is 4.79 Å². The molecule has 2 N–H and O–H groups in total. The van der Waals surface area contributed by atoms with Gasteiger partial charge in [-0.05, 0) is 24.6 Å². The van der Waals surface area contributed by atoms with Crippen LogP contribution in [0, 0.1) is 0 Å². The van der Waals surface area contributed by atoms with Gasteiger partial charge in [-0.25, -0.2) is 0 Å². The van der Waals surface area contributed by atoms with Crippen molar-refractivity contribution in [1.82, 2.24) is 10.6 Å². The summed E-state index contributed by atoms with van der Waals surface area (Å²) in [4.78, 5) is 12.7. The normalized spacial score (nSPS) is 12.1. The SMILES string of the molecule is CCN[C@H](C)CNC(=O)C(c1ccccc1)c1ccccc1. The second-order valence-corrected chi connectivity index (χ2v) is 5.46. The van der Waals surface area contributed by atoms with Gasteiger partial charge in [0.1, 0.15) is 0 Å². The molecule has 0 aliphatic heterocycles. The maximum Gasteiger partial charge on any atom is 0.232 e. The summed E-state index contributed by atoms with van der Waals surface area (Å²) in [5.74, 6) is -0.224. The summed E-state index contributed by atoms with van der Waals surface area (Å²) in [5, 5.41) is 6.37. The Morgan fingerprint density at radius 1 is 0.955 bits per heavy atom. The molecule has 0 radical (unpaired) electrons. The van der Waals surface area contributed by atoms with Gasteiger partial charge in [0.2, 0.25) is 5.91 Å². The molecule has 2 rings (SSSR count). The quantitative estimate of drug-likeness (QED) is 0.825. The molecule has 0 unspecified atom stereocenters. The topological polar surface area (TPSA) is 41.1 Å². The van der Waals surface area contributed by atoms with Crippen molar-refractivity contribution >= 4 is 5.91 Å². The van der Waals surface area contributed by atoms with E-state index < -0.39 is 0 Å². The first-order valence-electron chi connectivity index (χ1n) is 7.83. The summed E-state index contributed by atoms with van der Waals surface area (Å²) < 4.78 is 0. The van der Waals surface area contributed by atoms with Crippen LogP contribution in [0.5, 0.6) is 0 Å². The first-order chi connectivity index (χ1) is 10.7. The summed E-state index contributed by atoms with van der Waals surface area (Å²) in [6, 6.07) is 20.1. The van der Waals surface area contributed by atoms with E-state index in [2.05, 4.69) is 24.5 Å². The molecular formula is C19H24N2O. The monoisotopic (exact) mass is 296 g/mol. The van der Waals surface area contributed by atoms with Crippen molar-refractivity contribution < 1.29 is 4.79 Å². The number of hydrogen-bond donors (Lipinski definition) is 2. The van der Waals surface area contributed by atoms with Crippen LogP contribution in [0.1, 0.15) is 30.9 Å². The second-order valence-electron chi connectivity index (χ2n) is 5.46. The number of benzene rings is 2. The predicted octanol–water partition coefficient (Wildman–Crippen LogP) is 2.93. The molecule has 0 fully saturated rings. The molecule has 116 valence electrons. The Kier molecular flexibility index (Phi) is 6.16. The molecule has 1 amide bonds. The number of hydrogen-bond acceptors (Lipinski definition) is 2. The average Bonchev–Trinajstić information content (AvgIpc) is 2.55. The van der Waals surface area contributed by atoms with E-state index >= 15 is 0 Å². The van der Waals surface area contributed by atoms with E-state index in [4.69, 9.17) is 0 Å². The summed E-state index contributed by atoms with van der Waals surface area (Å²) in [6.45, 7) is 5.67. The maximum absolute atomic E-state index is 12.7. The van der Waals surface area contributed by atoms with Crippen LogP contribution in [0.2, 0.25) is 0 Å². The van der Waals surface area contributed by atoms with Gasteiger partial charge in [-0.15, -0.1) is 0 Å². The van der Waals surface area contributed by atoms with Crippen molar-refractivity contribution in [2.24, 2.45) is 0 Å². The second kappa shape index (κ2) is 8.35. The molecule has 0 saturated heterocycles. The lowest BCUT2D eigenvalue weighted by atomic mass is 9.90. The largest absolute Gasteiger partial charge is 0.354 e. The molecule has 1 atom stereocenters. The molecule has 0 aliphatic rings. The zero-order chi connectivity index (χ0) is 15.8. The van der Waals surface area contributed by atoms with Crippen LogP contribution in [0.25, 0.3) is 0 Å². The number of carbonyl (C=O) groups excluding carboxylic acids is 1. The van der Waals surface area contributed by atoms with E-state index in [0.717, 1.165) is 17.7 Å². The Morgan fingerprint density at radius 2 is 1.45 bits per heavy atom. The number of rotatable bonds is 7. The highest BCUT2D eigenvalue weighted by atomic mass is 16.1. The van der Waals surface area contributed by atoms with Crippen molar-refractivity contribution in [2.75, 3.05) is 13.1 Å². The Labute approximate surface area is 132 Å². The van der Waals surface area contributed by atoms with E-state index in [0.29, 0.717) is 6.54 Å². The van der Waals surface area contributed by atoms with Crippen LogP contribution in [0.15, 0.2) is 60.7 Å². The molecule has 2 aromatic rings. The lowest BCUT2D eigenvalue weighted by Crippen LogP contribution is -2.40. The zero-order valence-corrected chi connectivity index (χ0v) is 13.3. The van der Waals surface area contributed by atoms with Gasteiger partial charge in [0.25, 0.3) is 0 Å². The lowest BCUT2D eigenvalue weighted by Gasteiger charge is -2.20. The van der Waals surface area contributed by atoms with Crippen LogP contribution in [0.3, 0.4) is 0 Å². The summed E-state index contributed by atoms with van der Waals surface area (Å²) in [6.07, 6.45) is 0. The molecule has 0 aromatic heterocycles. The van der Waals surface area contributed by atoms with Crippen LogP contribution >= 0.6 is 0 Å². The minimum Gasteiger partial charge on any atom is -0.354 e. The fourth-order valence-corrected chi connectivity index (χ4v) is 2.56. The molecule has 22 heavy (non-hydrogen) atoms. The Bertz CT molecular complexity index is 529. The van der Waals surface area contributed by atoms with Gasteiger partial charge < -0.3 is 10.6 Å². The number of amides is 1. The third-order valence-electron chi connectivity index (χ3n) is 3.66. The Balaban J connectivity index is 2.17. The summed E-state index contributed by atoms with van der Waals surface area (Å²) in [7, 11) is 0. The molecule has 0 saturated carbocycles. The van der Waals surface area contributed by atoms with Crippen molar-refractivity contribution in [3.63, 3.8) is 0 Å². The molecule has 0 spiro atoms. The predicted molar refractivity (Wildman–Crippen MR) is 90.9 cm³/mol. The van der Waals surface area contributed by atoms with Crippen LogP contribution < -0.4 is 10.6 Å². The molecule has 0 bridgehead atoms. The highest BCUT2D eigenvalue weighted by molar-refractivity contribution is 5.87. The third kappa shape index (κ3) is 4.43. The van der Waals surface area contributed by atoms with Gasteiger partial charge >= 0.3 is 0 Å². The molecular weight excluding hydrogens is 272 g/mol. The number of carbonyl (C=O) groups is 1. The van der Waals surface area contributed by atoms with Crippen LogP contribution in [0.4, 0.5) is 0 Å². The van der Waals surface area contributed by atoms with E-state index in [1.165, 1.54) is 0 Å². The van der Waals surface area contributed by atoms with Crippen molar-refractivity contribution in [1.29, 1.82) is 0 Å². The number of likely N-dealkylation sites (N-methyl/N-ethyl adjacent to an activating group) is 1. The van der Waals surface area contributed by atoms with Gasteiger partial charge in [-0.2, -0.15) is 0 Å². The van der Waals surface area contributed by atoms with Crippen molar-refractivity contribution in [2.45, 2.75) is 25.8 Å². The first kappa shape index (κ1) is 16.2. The molecule has 0 aliphatic carbocycles. The third-order valence-corrected chi connectivity index (χ3v) is 3.66. The van der Waals surface area contributed by atoms with Crippen molar-refractivity contribution in [3.05, 3.63) is 71.8 Å². The summed E-state index contributed by atoms with van der Waals surface area (Å²) >= 11 is 0. The molecule has 0 heterocycles. The molecule has 3 heteroatoms. The zero-order valence-electron chi connectivity index (χ0n) is 13.3. The smallest absolute Gasteiger partial charge is 0.232 e. The highest BCUT2D eigenvalue weighted by Crippen LogP contribution is 2.24. The highest BCUT2D eigenvalue weighted by Gasteiger charge is 2.22. The van der Waals surface area contributed by atoms with E-state index in [9.17, 15) is 4.79 Å². The summed E-state index contributed by atoms with van der Waals surface area (Å²) in [5.41, 5.74) is 2.03. The minimum atomic E-state index is -0.267. The first-order valence-corrected chi connectivity index (χ1v) is 7.83. The average molecular weight is 296 g/mol. The maximum atomic E-state index is 12.7. The molecule has 3 nitrogen and oxygen atoms in total. The van der Waals surface area contributed by atoms with E-state index in [1.807, 2.05) is 60.7 Å². The Hall–Kier alpha value is -2.13. The minimum absolute atomic E-state index is 0.0437. The van der Waals surface area contributed by atoms with Gasteiger partial charge in [0.15, 0.2) is 0 Å². The van der Waals surface area contributed by atoms with Gasteiger partial charge in [-0.1, -0.05) is 67.6 Å². The van der Waals surface area contributed by atoms with E-state index in [1.54, 1.807) is 0 Å². The fourth-order valence-electron chi connectivity index (χ4n) is 2.56. The Morgan fingerprint density at radius 3 is 1.91 bits per heavy atom. The lowest BCUT2D eigenvalue weighted by molar-refractivity contribution is -0.121. The van der Waals surface area contributed by atoms with Gasteiger partial charge in [-0.3, -0.25) is 4.79 Å². The van der Waals surface area contributed by atoms with Gasteiger partial charge in [0, 0.05) is 12.6 Å². The van der Waals surface area contributed by atoms with Crippen LogP contribution in [-0.4, -0.2) is 25.0 Å².